The number of fused-ring (bicyclic) bond motifs is 20. The van der Waals surface area contributed by atoms with Crippen molar-refractivity contribution in [2.45, 2.75) is 199 Å². The van der Waals surface area contributed by atoms with Gasteiger partial charge in [-0.2, -0.15) is 0 Å². The Bertz CT molecular complexity index is 5810. The summed E-state index contributed by atoms with van der Waals surface area (Å²) in [5.74, 6) is 12.5. The molecule has 28 nitrogen and oxygen atoms in total. The Balaban J connectivity index is 0.000000123. The predicted molar refractivity (Wildman–Crippen MR) is 516 cm³/mol. The topological polar surface area (TPSA) is 294 Å². The first-order chi connectivity index (χ1) is 65.6. The average Bonchev–Trinajstić information content (AvgIpc) is 0.767. The fraction of sp³-hybridized carbons (Fsp3) is 0.444. The van der Waals surface area contributed by atoms with Gasteiger partial charge in [0.15, 0.2) is 80.5 Å². The standard InChI is InChI=1S/3C22H27NO5.2C21H25NO4/c2*1-12-6-13-8-19(25-2)18(24)10-15(13)17-7-14-9-20(26-3)22(28-5)21(27-4)16(14)11-23(12)17;1-12-5-13-6-22(28-4)19(25)8-14(13)18-7-15-16(10-23(12)18)20(26-2)9-21(27-3)17(15)11-24;2*1-12-5-13-8-21(26-4)19(23)10-16(13)18-7-14-6-15(24-2)9-20(25-3)17(14)11-22(12)18/h2*8-10,12,17,24H,6-7,11H2,1-5H3;6,8-9,12,18,24-25H,5,7,10-11H2,1-4H3;2*6,8-10,12,18,23H,5,7,11H2,1-4H3/t12-,17+;12-,17-;2*12-,18+;12-,18-/m10110/s1. The molecule has 0 aliphatic carbocycles. The third kappa shape index (κ3) is 17.7. The van der Waals surface area contributed by atoms with E-state index in [4.69, 9.17) is 80.5 Å². The maximum atomic E-state index is 10.4. The lowest BCUT2D eigenvalue weighted by Crippen LogP contribution is -2.45. The van der Waals surface area contributed by atoms with E-state index in [2.05, 4.69) is 83.4 Å². The Hall–Kier alpha value is -12.4. The number of phenols is 5. The first-order valence-corrected chi connectivity index (χ1v) is 46.4. The van der Waals surface area contributed by atoms with Crippen molar-refractivity contribution in [2.75, 3.05) is 121 Å². The van der Waals surface area contributed by atoms with Crippen molar-refractivity contribution in [2.24, 2.45) is 0 Å². The number of nitrogens with zero attached hydrogens (tertiary/aromatic N) is 5. The molecular formula is C108H131N5O23. The van der Waals surface area contributed by atoms with Gasteiger partial charge in [0.2, 0.25) is 11.5 Å². The van der Waals surface area contributed by atoms with Crippen LogP contribution in [0.2, 0.25) is 0 Å². The van der Waals surface area contributed by atoms with Crippen LogP contribution < -0.4 is 80.5 Å². The molecule has 10 aliphatic rings. The summed E-state index contributed by atoms with van der Waals surface area (Å²) in [6.07, 6.45) is 8.68. The quantitative estimate of drug-likeness (QED) is 0.0465. The first kappa shape index (κ1) is 96.7. The van der Waals surface area contributed by atoms with Gasteiger partial charge in [0.25, 0.3) is 0 Å². The van der Waals surface area contributed by atoms with E-state index in [-0.39, 0.29) is 65.6 Å². The summed E-state index contributed by atoms with van der Waals surface area (Å²) in [4.78, 5) is 12.4. The summed E-state index contributed by atoms with van der Waals surface area (Å²) in [5.41, 5.74) is 24.6. The molecule has 0 amide bonds. The molecule has 10 aliphatic heterocycles. The number of methoxy groups -OCH3 is 17. The summed E-state index contributed by atoms with van der Waals surface area (Å²) >= 11 is 0. The van der Waals surface area contributed by atoms with Crippen molar-refractivity contribution in [3.8, 4) is 126 Å². The highest BCUT2D eigenvalue weighted by Gasteiger charge is 2.46. The van der Waals surface area contributed by atoms with Gasteiger partial charge in [0, 0.05) is 145 Å². The molecular weight excluding hydrogens is 1740 g/mol. The van der Waals surface area contributed by atoms with Crippen molar-refractivity contribution < 1.29 is 111 Å². The highest BCUT2D eigenvalue weighted by Crippen LogP contribution is 2.56. The number of hydrogen-bond acceptors (Lipinski definition) is 28. The van der Waals surface area contributed by atoms with Crippen molar-refractivity contribution in [1.29, 1.82) is 0 Å². The van der Waals surface area contributed by atoms with Crippen LogP contribution in [0.3, 0.4) is 0 Å². The molecule has 0 saturated heterocycles. The number of ether oxygens (including phenoxy) is 17. The molecule has 726 valence electrons. The Morgan fingerprint density at radius 2 is 0.449 bits per heavy atom. The van der Waals surface area contributed by atoms with E-state index < -0.39 is 0 Å². The molecule has 6 N–H and O–H groups in total. The summed E-state index contributed by atoms with van der Waals surface area (Å²) in [5, 5.41) is 61.7. The van der Waals surface area contributed by atoms with Gasteiger partial charge < -0.3 is 111 Å². The van der Waals surface area contributed by atoms with Crippen LogP contribution in [0.4, 0.5) is 0 Å². The molecule has 10 aromatic carbocycles. The third-order valence-electron chi connectivity index (χ3n) is 29.9. The summed E-state index contributed by atoms with van der Waals surface area (Å²) in [7, 11) is 27.9. The van der Waals surface area contributed by atoms with E-state index in [1.165, 1.54) is 72.3 Å². The van der Waals surface area contributed by atoms with Crippen molar-refractivity contribution in [3.05, 3.63) is 220 Å². The van der Waals surface area contributed by atoms with Crippen LogP contribution in [0.15, 0.2) is 103 Å². The van der Waals surface area contributed by atoms with Crippen LogP contribution in [0.5, 0.6) is 126 Å². The summed E-state index contributed by atoms with van der Waals surface area (Å²) in [6.45, 7) is 15.1. The zero-order valence-corrected chi connectivity index (χ0v) is 82.3. The molecule has 0 bridgehead atoms. The van der Waals surface area contributed by atoms with Crippen molar-refractivity contribution in [1.82, 2.24) is 24.5 Å². The van der Waals surface area contributed by atoms with Gasteiger partial charge in [-0.15, -0.1) is 0 Å². The van der Waals surface area contributed by atoms with Gasteiger partial charge in [0.05, 0.1) is 127 Å². The normalized spacial score (nSPS) is 20.9. The number of rotatable bonds is 18. The van der Waals surface area contributed by atoms with Gasteiger partial charge in [-0.05, 0) is 267 Å². The number of phenolic OH excluding ortho intramolecular Hbond substituents is 5. The minimum atomic E-state index is -0.0848. The second-order valence-electron chi connectivity index (χ2n) is 36.7. The van der Waals surface area contributed by atoms with Crippen molar-refractivity contribution in [3.63, 3.8) is 0 Å². The largest absolute Gasteiger partial charge is 0.504 e. The van der Waals surface area contributed by atoms with Crippen LogP contribution >= 0.6 is 0 Å². The van der Waals surface area contributed by atoms with E-state index >= 15 is 0 Å². The molecule has 0 spiro atoms. The van der Waals surface area contributed by atoms with Crippen molar-refractivity contribution >= 4 is 0 Å². The van der Waals surface area contributed by atoms with Gasteiger partial charge >= 0.3 is 0 Å². The lowest BCUT2D eigenvalue weighted by Gasteiger charge is -2.46. The summed E-state index contributed by atoms with van der Waals surface area (Å²) < 4.78 is 93.5. The Morgan fingerprint density at radius 1 is 0.213 bits per heavy atom. The van der Waals surface area contributed by atoms with E-state index in [9.17, 15) is 30.6 Å². The Kier molecular flexibility index (Phi) is 28.8. The van der Waals surface area contributed by atoms with Crippen LogP contribution in [-0.4, -0.2) is 206 Å². The Labute approximate surface area is 797 Å². The van der Waals surface area contributed by atoms with E-state index in [0.717, 1.165) is 182 Å². The lowest BCUT2D eigenvalue weighted by molar-refractivity contribution is 0.103. The minimum Gasteiger partial charge on any atom is -0.504 e. The minimum absolute atomic E-state index is 0.0848. The van der Waals surface area contributed by atoms with Gasteiger partial charge in [-0.25, -0.2) is 0 Å². The monoisotopic (exact) mass is 1870 g/mol. The molecule has 0 radical (unpaired) electrons. The maximum absolute atomic E-state index is 10.4. The highest BCUT2D eigenvalue weighted by atomic mass is 16.5. The summed E-state index contributed by atoms with van der Waals surface area (Å²) in [6, 6.07) is 36.1. The molecule has 10 aromatic rings. The van der Waals surface area contributed by atoms with E-state index in [1.807, 2.05) is 78.9 Å². The SMILES string of the molecule is COc1cc2c(c(OC)c1)CN1[C@@H](C)Cc3cc(OC)c(O)cc3[C@@H]1C2.COc1cc2c(c(OC)c1)CN1[C@H](C)Cc3cc(OC)c(O)cc3[C@@H]1C2.COc1cc2c(cc1O)[C@@H]1Cc3c(CO)c(OC)cc(OC)c3CN1[C@H](C)C2.COc1cc2c(cc1O)[C@@H]1Cc3cc(OC)c(OC)c(OC)c3CN1[C@@H](C)C2.COc1cc2c(cc1O)[C@@H]1Cc3cc(OC)c(OC)c(OC)c3CN1[C@H](C)C2. The third-order valence-corrected chi connectivity index (χ3v) is 29.9. The number of aliphatic hydroxyl groups is 1. The van der Waals surface area contributed by atoms with E-state index in [1.54, 1.807) is 121 Å². The second-order valence-corrected chi connectivity index (χ2v) is 36.7. The van der Waals surface area contributed by atoms with Crippen LogP contribution in [0.25, 0.3) is 0 Å². The maximum Gasteiger partial charge on any atom is 0.203 e. The molecule has 28 heteroatoms. The zero-order valence-electron chi connectivity index (χ0n) is 82.3. The molecule has 0 fully saturated rings. The van der Waals surface area contributed by atoms with Gasteiger partial charge in [-0.3, -0.25) is 24.5 Å². The number of benzene rings is 10. The molecule has 0 aromatic heterocycles. The molecule has 10 heterocycles. The molecule has 10 atom stereocenters. The zero-order chi connectivity index (χ0) is 96.8. The number of hydrogen-bond donors (Lipinski definition) is 6. The lowest BCUT2D eigenvalue weighted by atomic mass is 9.79. The Morgan fingerprint density at radius 3 is 0.699 bits per heavy atom. The highest BCUT2D eigenvalue weighted by molar-refractivity contribution is 5.65. The fourth-order valence-corrected chi connectivity index (χ4v) is 23.0. The fourth-order valence-electron chi connectivity index (χ4n) is 23.0. The van der Waals surface area contributed by atoms with Gasteiger partial charge in [-0.1, -0.05) is 0 Å². The number of aromatic hydroxyl groups is 5. The average molecular weight is 1870 g/mol. The van der Waals surface area contributed by atoms with Gasteiger partial charge in [0.1, 0.15) is 34.5 Å². The molecule has 0 saturated carbocycles. The molecule has 0 unspecified atom stereocenters. The predicted octanol–water partition coefficient (Wildman–Crippen LogP) is 16.8. The van der Waals surface area contributed by atoms with E-state index in [0.29, 0.717) is 87.7 Å². The first-order valence-electron chi connectivity index (χ1n) is 46.4. The molecule has 136 heavy (non-hydrogen) atoms. The second kappa shape index (κ2) is 40.5. The molecule has 20 rings (SSSR count). The smallest absolute Gasteiger partial charge is 0.203 e. The van der Waals surface area contributed by atoms with Crippen LogP contribution in [0, 0.1) is 0 Å². The van der Waals surface area contributed by atoms with Crippen LogP contribution in [0.1, 0.15) is 182 Å². The van der Waals surface area contributed by atoms with Crippen LogP contribution in [-0.2, 0) is 104 Å². The number of aliphatic hydroxyl groups excluding tert-OH is 1.